The molecule has 4 aromatic rings. The number of rotatable bonds is 4. The number of nitrogens with zero attached hydrogens (tertiary/aromatic N) is 3. The molecule has 3 aromatic heterocycles. The molecule has 0 amide bonds. The fraction of sp³-hybridized carbons (Fsp3) is 0.300. The first-order chi connectivity index (χ1) is 13.0. The van der Waals surface area contributed by atoms with Crippen molar-refractivity contribution in [3.8, 4) is 0 Å². The van der Waals surface area contributed by atoms with E-state index in [4.69, 9.17) is 4.74 Å². The van der Waals surface area contributed by atoms with Gasteiger partial charge < -0.3 is 9.72 Å². The molecule has 1 aromatic carbocycles. The number of benzene rings is 1. The van der Waals surface area contributed by atoms with E-state index >= 15 is 0 Å². The summed E-state index contributed by atoms with van der Waals surface area (Å²) in [5.74, 6) is -0.240. The average molecular weight is 364 g/mol. The Kier molecular flexibility index (Phi) is 4.14. The van der Waals surface area contributed by atoms with Crippen molar-refractivity contribution in [1.82, 2.24) is 19.5 Å². The van der Waals surface area contributed by atoms with Gasteiger partial charge in [-0.3, -0.25) is 14.3 Å². The molecule has 7 nitrogen and oxygen atoms in total. The van der Waals surface area contributed by atoms with Crippen molar-refractivity contribution in [3.63, 3.8) is 0 Å². The molecule has 1 atom stereocenters. The highest BCUT2D eigenvalue weighted by Crippen LogP contribution is 2.24. The molecule has 0 aliphatic heterocycles. The zero-order valence-electron chi connectivity index (χ0n) is 15.4. The van der Waals surface area contributed by atoms with Gasteiger partial charge in [-0.1, -0.05) is 19.9 Å². The van der Waals surface area contributed by atoms with Crippen molar-refractivity contribution < 1.29 is 9.53 Å². The van der Waals surface area contributed by atoms with Crippen LogP contribution in [-0.2, 0) is 9.53 Å². The highest BCUT2D eigenvalue weighted by molar-refractivity contribution is 5.96. The molecule has 27 heavy (non-hydrogen) atoms. The van der Waals surface area contributed by atoms with E-state index in [1.54, 1.807) is 30.5 Å². The molecule has 1 N–H and O–H groups in total. The third-order valence-corrected chi connectivity index (χ3v) is 4.71. The van der Waals surface area contributed by atoms with E-state index in [0.717, 1.165) is 0 Å². The summed E-state index contributed by atoms with van der Waals surface area (Å²) in [6.07, 6.45) is 2.10. The SMILES string of the molecule is COC(=O)[C@H](CC(C)C)n1c(=O)c2cccc3nc([nH]c32)c2cc1ccn2. The first-order valence-electron chi connectivity index (χ1n) is 8.86. The normalized spacial score (nSPS) is 12.9. The Bertz CT molecular complexity index is 1220. The number of carbonyl (C=O) groups excluding carboxylic acids is 1. The topological polar surface area (TPSA) is 89.9 Å². The zero-order chi connectivity index (χ0) is 19.1. The van der Waals surface area contributed by atoms with E-state index < -0.39 is 12.0 Å². The van der Waals surface area contributed by atoms with Gasteiger partial charge in [-0.15, -0.1) is 0 Å². The maximum Gasteiger partial charge on any atom is 0.328 e. The van der Waals surface area contributed by atoms with E-state index in [-0.39, 0.29) is 11.5 Å². The number of pyridine rings is 1. The van der Waals surface area contributed by atoms with E-state index in [2.05, 4.69) is 15.0 Å². The smallest absolute Gasteiger partial charge is 0.328 e. The lowest BCUT2D eigenvalue weighted by molar-refractivity contribution is -0.145. The number of H-pyrrole nitrogens is 1. The van der Waals surface area contributed by atoms with E-state index in [0.29, 0.717) is 39.5 Å². The number of hydrogen-bond donors (Lipinski definition) is 1. The van der Waals surface area contributed by atoms with Gasteiger partial charge in [-0.05, 0) is 36.6 Å². The van der Waals surface area contributed by atoms with Crippen molar-refractivity contribution in [3.05, 3.63) is 46.9 Å². The van der Waals surface area contributed by atoms with Gasteiger partial charge in [-0.2, -0.15) is 0 Å². The predicted octanol–water partition coefficient (Wildman–Crippen LogP) is 3.19. The Morgan fingerprint density at radius 1 is 1.26 bits per heavy atom. The fourth-order valence-corrected chi connectivity index (χ4v) is 3.49. The van der Waals surface area contributed by atoms with Crippen molar-refractivity contribution in [2.45, 2.75) is 26.3 Å². The molecule has 0 aliphatic carbocycles. The minimum absolute atomic E-state index is 0.199. The Morgan fingerprint density at radius 2 is 2.07 bits per heavy atom. The van der Waals surface area contributed by atoms with Crippen molar-refractivity contribution in [2.24, 2.45) is 5.92 Å². The van der Waals surface area contributed by atoms with Gasteiger partial charge >= 0.3 is 5.97 Å². The van der Waals surface area contributed by atoms with Crippen LogP contribution in [0.5, 0.6) is 0 Å². The summed E-state index contributed by atoms with van der Waals surface area (Å²) >= 11 is 0. The van der Waals surface area contributed by atoms with Crippen LogP contribution in [0.4, 0.5) is 0 Å². The number of ether oxygens (including phenoxy) is 1. The lowest BCUT2D eigenvalue weighted by Gasteiger charge is -2.20. The van der Waals surface area contributed by atoms with Gasteiger partial charge in [0.25, 0.3) is 5.56 Å². The number of aromatic amines is 1. The standard InChI is InChI=1S/C20H20N4O3/c1-11(2)9-16(20(26)27-3)24-12-7-8-21-15(10-12)18-22-14-6-4-5-13(19(24)25)17(14)23-18/h4-8,10-11,16H,9H2,1-3H3,(H,22,23)/t16-/m0/s1. The van der Waals surface area contributed by atoms with Crippen molar-refractivity contribution in [1.29, 1.82) is 0 Å². The Hall–Kier alpha value is -3.22. The number of hydrogen-bond acceptors (Lipinski definition) is 5. The number of carbonyl (C=O) groups is 1. The summed E-state index contributed by atoms with van der Waals surface area (Å²) in [7, 11) is 1.34. The average Bonchev–Trinajstić information content (AvgIpc) is 3.11. The molecule has 0 saturated carbocycles. The van der Waals surface area contributed by atoms with Gasteiger partial charge in [-0.25, -0.2) is 9.78 Å². The Balaban J connectivity index is 2.21. The number of fused-ring (bicyclic) bond motifs is 4. The second kappa shape index (κ2) is 6.50. The summed E-state index contributed by atoms with van der Waals surface area (Å²) in [6, 6.07) is 8.14. The minimum Gasteiger partial charge on any atom is -0.467 e. The molecule has 4 rings (SSSR count). The number of aromatic nitrogens is 4. The Morgan fingerprint density at radius 3 is 2.81 bits per heavy atom. The maximum atomic E-state index is 13.6. The molecule has 0 unspecified atom stereocenters. The number of methoxy groups -OCH3 is 1. The summed E-state index contributed by atoms with van der Waals surface area (Å²) in [6.45, 7) is 4.02. The molecule has 0 aliphatic rings. The highest BCUT2D eigenvalue weighted by atomic mass is 16.5. The van der Waals surface area contributed by atoms with Gasteiger partial charge in [0.05, 0.1) is 23.5 Å². The monoisotopic (exact) mass is 364 g/mol. The van der Waals surface area contributed by atoms with Crippen molar-refractivity contribution in [2.75, 3.05) is 7.11 Å². The minimum atomic E-state index is -0.729. The molecule has 0 spiro atoms. The van der Waals surface area contributed by atoms with Crippen LogP contribution in [0.15, 0.2) is 41.3 Å². The van der Waals surface area contributed by atoms with Gasteiger partial charge in [0, 0.05) is 11.7 Å². The molecule has 0 saturated heterocycles. The lowest BCUT2D eigenvalue weighted by atomic mass is 10.0. The van der Waals surface area contributed by atoms with E-state index in [1.807, 2.05) is 19.9 Å². The van der Waals surface area contributed by atoms with Gasteiger partial charge in [0.1, 0.15) is 11.6 Å². The van der Waals surface area contributed by atoms with Crippen LogP contribution in [0, 0.1) is 5.92 Å². The summed E-state index contributed by atoms with van der Waals surface area (Å²) in [5, 5.41) is 0.464. The van der Waals surface area contributed by atoms with Gasteiger partial charge in [0.15, 0.2) is 5.65 Å². The second-order valence-electron chi connectivity index (χ2n) is 7.03. The van der Waals surface area contributed by atoms with Gasteiger partial charge in [0.2, 0.25) is 0 Å². The van der Waals surface area contributed by atoms with Crippen LogP contribution in [0.3, 0.4) is 0 Å². The largest absolute Gasteiger partial charge is 0.467 e. The summed E-state index contributed by atoms with van der Waals surface area (Å²) < 4.78 is 6.55. The van der Waals surface area contributed by atoms with Crippen LogP contribution in [0.2, 0.25) is 0 Å². The van der Waals surface area contributed by atoms with Crippen molar-refractivity contribution >= 4 is 39.1 Å². The molecule has 0 radical (unpaired) electrons. The molecular weight excluding hydrogens is 344 g/mol. The van der Waals surface area contributed by atoms with Crippen LogP contribution in [-0.4, -0.2) is 32.6 Å². The second-order valence-corrected chi connectivity index (χ2v) is 7.03. The number of esters is 1. The molecular formula is C20H20N4O3. The number of para-hydroxylation sites is 1. The van der Waals surface area contributed by atoms with Crippen LogP contribution in [0.25, 0.3) is 33.1 Å². The quantitative estimate of drug-likeness (QED) is 0.562. The third-order valence-electron chi connectivity index (χ3n) is 4.71. The number of imidazole rings is 1. The maximum absolute atomic E-state index is 13.6. The number of nitrogens with one attached hydrogen (secondary N) is 1. The van der Waals surface area contributed by atoms with E-state index in [1.165, 1.54) is 11.7 Å². The van der Waals surface area contributed by atoms with Crippen LogP contribution >= 0.6 is 0 Å². The first-order valence-corrected chi connectivity index (χ1v) is 8.86. The molecule has 0 fully saturated rings. The molecule has 4 bridgehead atoms. The molecule has 3 heterocycles. The van der Waals surface area contributed by atoms with E-state index in [9.17, 15) is 9.59 Å². The van der Waals surface area contributed by atoms with Crippen LogP contribution < -0.4 is 5.56 Å². The summed E-state index contributed by atoms with van der Waals surface area (Å²) in [5.41, 5.74) is 2.85. The predicted molar refractivity (Wildman–Crippen MR) is 104 cm³/mol. The first kappa shape index (κ1) is 17.2. The highest BCUT2D eigenvalue weighted by Gasteiger charge is 2.25. The van der Waals surface area contributed by atoms with Crippen LogP contribution in [0.1, 0.15) is 26.3 Å². The Labute approximate surface area is 155 Å². The zero-order valence-corrected chi connectivity index (χ0v) is 15.4. The summed E-state index contributed by atoms with van der Waals surface area (Å²) in [4.78, 5) is 38.3. The fourth-order valence-electron chi connectivity index (χ4n) is 3.49. The molecule has 138 valence electrons. The molecule has 7 heteroatoms. The lowest BCUT2D eigenvalue weighted by Crippen LogP contribution is -2.31. The third kappa shape index (κ3) is 2.85.